The third kappa shape index (κ3) is 3.88. The average Bonchev–Trinajstić information content (AvgIpc) is 3.22. The summed E-state index contributed by atoms with van der Waals surface area (Å²) < 4.78 is 20.4. The van der Waals surface area contributed by atoms with E-state index in [4.69, 9.17) is 0 Å². The Bertz CT molecular complexity index is 843. The number of aryl methyl sites for hydroxylation is 1. The maximum Gasteiger partial charge on any atom is 0.203 e. The fourth-order valence-corrected chi connectivity index (χ4v) is 3.85. The van der Waals surface area contributed by atoms with Crippen molar-refractivity contribution in [3.63, 3.8) is 0 Å². The van der Waals surface area contributed by atoms with Crippen LogP contribution in [0.25, 0.3) is 5.69 Å². The summed E-state index contributed by atoms with van der Waals surface area (Å²) in [7, 11) is 3.97. The van der Waals surface area contributed by atoms with E-state index in [1.165, 1.54) is 35.4 Å². The van der Waals surface area contributed by atoms with Crippen molar-refractivity contribution in [1.29, 1.82) is 0 Å². The Morgan fingerprint density at radius 1 is 1.24 bits per heavy atom. The van der Waals surface area contributed by atoms with Crippen molar-refractivity contribution in [2.24, 2.45) is 0 Å². The average molecular weight is 379 g/mol. The third-order valence-corrected chi connectivity index (χ3v) is 5.57. The second-order valence-electron chi connectivity index (χ2n) is 5.72. The molecule has 2 heterocycles. The molecule has 1 atom stereocenters. The molecule has 0 aliphatic carbocycles. The molecule has 0 aliphatic heterocycles. The molecule has 132 valence electrons. The van der Waals surface area contributed by atoms with E-state index in [1.807, 2.05) is 25.6 Å². The second-order valence-corrected chi connectivity index (χ2v) is 7.69. The number of hydrogen-bond acceptors (Lipinski definition) is 7. The van der Waals surface area contributed by atoms with Gasteiger partial charge < -0.3 is 0 Å². The molecule has 2 aromatic heterocycles. The Morgan fingerprint density at radius 3 is 2.56 bits per heavy atom. The van der Waals surface area contributed by atoms with Crippen molar-refractivity contribution in [3.05, 3.63) is 41.7 Å². The maximum absolute atomic E-state index is 13.3. The molecule has 0 saturated carbocycles. The summed E-state index contributed by atoms with van der Waals surface area (Å²) in [6.45, 7) is 4.08. The molecule has 9 heteroatoms. The quantitative estimate of drug-likeness (QED) is 0.653. The largest absolute Gasteiger partial charge is 0.300 e. The molecular formula is C16H19FN6S2. The Hall–Kier alpha value is -1.84. The van der Waals surface area contributed by atoms with Gasteiger partial charge in [0.2, 0.25) is 5.16 Å². The molecule has 25 heavy (non-hydrogen) atoms. The lowest BCUT2D eigenvalue weighted by atomic mass is 10.2. The van der Waals surface area contributed by atoms with E-state index in [-0.39, 0.29) is 11.9 Å². The van der Waals surface area contributed by atoms with Gasteiger partial charge in [-0.3, -0.25) is 9.47 Å². The molecule has 0 aliphatic rings. The number of halogens is 1. The van der Waals surface area contributed by atoms with Gasteiger partial charge in [-0.1, -0.05) is 6.92 Å². The number of rotatable bonds is 6. The summed E-state index contributed by atoms with van der Waals surface area (Å²) in [6.07, 6.45) is 0.796. The Balaban J connectivity index is 2.03. The minimum absolute atomic E-state index is 0.0486. The van der Waals surface area contributed by atoms with Crippen LogP contribution >= 0.6 is 23.3 Å². The van der Waals surface area contributed by atoms with Crippen LogP contribution in [0.1, 0.15) is 31.5 Å². The van der Waals surface area contributed by atoms with Gasteiger partial charge in [-0.15, -0.1) is 10.2 Å². The summed E-state index contributed by atoms with van der Waals surface area (Å²) in [5.74, 6) is 1.34. The molecule has 3 aromatic rings. The molecule has 0 spiro atoms. The highest BCUT2D eigenvalue weighted by molar-refractivity contribution is 8.00. The lowest BCUT2D eigenvalue weighted by Crippen LogP contribution is -2.20. The molecule has 0 fully saturated rings. The number of hydrogen-bond donors (Lipinski definition) is 0. The van der Waals surface area contributed by atoms with Crippen LogP contribution in [0.3, 0.4) is 0 Å². The minimum Gasteiger partial charge on any atom is -0.300 e. The fourth-order valence-electron chi connectivity index (χ4n) is 2.18. The molecule has 0 saturated heterocycles. The zero-order valence-electron chi connectivity index (χ0n) is 14.5. The van der Waals surface area contributed by atoms with Crippen molar-refractivity contribution >= 4 is 23.3 Å². The first-order valence-corrected chi connectivity index (χ1v) is 9.46. The topological polar surface area (TPSA) is 59.7 Å². The maximum atomic E-state index is 13.3. The van der Waals surface area contributed by atoms with Crippen molar-refractivity contribution in [2.45, 2.75) is 35.8 Å². The normalized spacial score (nSPS) is 12.7. The van der Waals surface area contributed by atoms with E-state index < -0.39 is 0 Å². The highest BCUT2D eigenvalue weighted by Gasteiger charge is 2.22. The first-order valence-electron chi connectivity index (χ1n) is 7.87. The van der Waals surface area contributed by atoms with Gasteiger partial charge in [-0.2, -0.15) is 4.37 Å². The summed E-state index contributed by atoms with van der Waals surface area (Å²) >= 11 is 2.77. The fraction of sp³-hybridized carbons (Fsp3) is 0.375. The molecule has 0 bridgehead atoms. The van der Waals surface area contributed by atoms with Gasteiger partial charge in [-0.05, 0) is 68.6 Å². The molecule has 0 amide bonds. The smallest absolute Gasteiger partial charge is 0.203 e. The van der Waals surface area contributed by atoms with E-state index in [9.17, 15) is 4.39 Å². The van der Waals surface area contributed by atoms with E-state index in [1.54, 1.807) is 12.1 Å². The van der Waals surface area contributed by atoms with Crippen LogP contribution in [0, 0.1) is 5.82 Å². The van der Waals surface area contributed by atoms with Crippen LogP contribution in [-0.2, 0) is 6.42 Å². The minimum atomic E-state index is -0.273. The highest BCUT2D eigenvalue weighted by Crippen LogP contribution is 2.32. The SMILES string of the molecule is CCc1nsc(Sc2nnc(C(C)N(C)C)n2-c2ccc(F)cc2)n1. The summed E-state index contributed by atoms with van der Waals surface area (Å²) in [6, 6.07) is 6.38. The van der Waals surface area contributed by atoms with Crippen LogP contribution in [0.15, 0.2) is 33.8 Å². The second kappa shape index (κ2) is 7.59. The van der Waals surface area contributed by atoms with Crippen molar-refractivity contribution < 1.29 is 4.39 Å². The monoisotopic (exact) mass is 378 g/mol. The third-order valence-electron chi connectivity index (χ3n) is 3.84. The van der Waals surface area contributed by atoms with E-state index in [0.717, 1.165) is 28.1 Å². The van der Waals surface area contributed by atoms with Crippen LogP contribution in [0.5, 0.6) is 0 Å². The van der Waals surface area contributed by atoms with E-state index in [2.05, 4.69) is 31.4 Å². The van der Waals surface area contributed by atoms with Crippen molar-refractivity contribution in [1.82, 2.24) is 29.0 Å². The highest BCUT2D eigenvalue weighted by atomic mass is 32.2. The number of aromatic nitrogens is 5. The predicted molar refractivity (Wildman–Crippen MR) is 96.8 cm³/mol. The van der Waals surface area contributed by atoms with Crippen molar-refractivity contribution in [3.8, 4) is 5.69 Å². The van der Waals surface area contributed by atoms with Gasteiger partial charge in [-0.25, -0.2) is 9.37 Å². The van der Waals surface area contributed by atoms with Crippen LogP contribution < -0.4 is 0 Å². The standard InChI is InChI=1S/C16H19FN6S2/c1-5-13-18-16(25-21-13)24-15-20-19-14(10(2)22(3)4)23(15)12-8-6-11(17)7-9-12/h6-10H,5H2,1-4H3. The molecule has 0 radical (unpaired) electrons. The van der Waals surface area contributed by atoms with Gasteiger partial charge in [0.25, 0.3) is 0 Å². The van der Waals surface area contributed by atoms with E-state index >= 15 is 0 Å². The van der Waals surface area contributed by atoms with Gasteiger partial charge in [0, 0.05) is 12.1 Å². The number of benzene rings is 1. The van der Waals surface area contributed by atoms with E-state index in [0.29, 0.717) is 5.16 Å². The number of nitrogens with zero attached hydrogens (tertiary/aromatic N) is 6. The summed E-state index contributed by atoms with van der Waals surface area (Å²) in [5, 5.41) is 9.40. The lowest BCUT2D eigenvalue weighted by Gasteiger charge is -2.20. The summed E-state index contributed by atoms with van der Waals surface area (Å²) in [4.78, 5) is 6.54. The molecule has 1 aromatic carbocycles. The van der Waals surface area contributed by atoms with Gasteiger partial charge in [0.05, 0.1) is 6.04 Å². The van der Waals surface area contributed by atoms with Gasteiger partial charge in [0.15, 0.2) is 10.2 Å². The van der Waals surface area contributed by atoms with Gasteiger partial charge >= 0.3 is 0 Å². The Labute approximate surface area is 154 Å². The Kier molecular flexibility index (Phi) is 5.45. The molecular weight excluding hydrogens is 359 g/mol. The Morgan fingerprint density at radius 2 is 1.96 bits per heavy atom. The molecule has 0 N–H and O–H groups in total. The first-order chi connectivity index (χ1) is 12.0. The van der Waals surface area contributed by atoms with Crippen LogP contribution in [-0.4, -0.2) is 43.1 Å². The van der Waals surface area contributed by atoms with Crippen LogP contribution in [0.4, 0.5) is 4.39 Å². The zero-order valence-corrected chi connectivity index (χ0v) is 16.1. The molecule has 1 unspecified atom stereocenters. The van der Waals surface area contributed by atoms with Crippen molar-refractivity contribution in [2.75, 3.05) is 14.1 Å². The molecule has 3 rings (SSSR count). The predicted octanol–water partition coefficient (Wildman–Crippen LogP) is 3.59. The van der Waals surface area contributed by atoms with Crippen LogP contribution in [0.2, 0.25) is 0 Å². The molecule has 6 nitrogen and oxygen atoms in total. The van der Waals surface area contributed by atoms with Gasteiger partial charge in [0.1, 0.15) is 11.6 Å². The first kappa shape index (κ1) is 18.0. The summed E-state index contributed by atoms with van der Waals surface area (Å²) in [5.41, 5.74) is 0.817. The zero-order chi connectivity index (χ0) is 18.0. The lowest BCUT2D eigenvalue weighted by molar-refractivity contribution is 0.305.